The van der Waals surface area contributed by atoms with Crippen molar-refractivity contribution in [1.29, 1.82) is 0 Å². The molecule has 0 unspecified atom stereocenters. The molecule has 0 aromatic heterocycles. The maximum atomic E-state index is 14.4. The summed E-state index contributed by atoms with van der Waals surface area (Å²) in [7, 11) is 0. The molecule has 0 saturated carbocycles. The van der Waals surface area contributed by atoms with E-state index in [-0.39, 0.29) is 5.82 Å². The number of para-hydroxylation sites is 1. The minimum absolute atomic E-state index is 0.141. The summed E-state index contributed by atoms with van der Waals surface area (Å²) in [6.45, 7) is 8.23. The van der Waals surface area contributed by atoms with Crippen molar-refractivity contribution >= 4 is 23.2 Å². The van der Waals surface area contributed by atoms with Gasteiger partial charge in [-0.2, -0.15) is 0 Å². The topological polar surface area (TPSA) is 30.0 Å². The molecule has 0 spiro atoms. The molecule has 3 fully saturated rings. The first-order chi connectivity index (χ1) is 18.1. The monoisotopic (exact) mass is 526 g/mol. The number of hydrogen-bond acceptors (Lipinski definition) is 4. The Labute approximate surface area is 226 Å². The van der Waals surface area contributed by atoms with Crippen LogP contribution in [0, 0.1) is 11.7 Å². The average molecular weight is 527 g/mol. The largest absolute Gasteiger partial charge is 0.367 e. The highest BCUT2D eigenvalue weighted by Crippen LogP contribution is 2.30. The van der Waals surface area contributed by atoms with Gasteiger partial charge in [0.25, 0.3) is 0 Å². The first kappa shape index (κ1) is 26.5. The molecule has 200 valence electrons. The molecule has 2 atom stereocenters. The fourth-order valence-corrected chi connectivity index (χ4v) is 6.68. The Bertz CT molecular complexity index is 1040. The van der Waals surface area contributed by atoms with Gasteiger partial charge >= 0.3 is 0 Å². The van der Waals surface area contributed by atoms with Crippen molar-refractivity contribution in [3.63, 3.8) is 0 Å². The van der Waals surface area contributed by atoms with Crippen LogP contribution in [0.4, 0.5) is 10.1 Å². The highest BCUT2D eigenvalue weighted by molar-refractivity contribution is 6.31. The van der Waals surface area contributed by atoms with Crippen molar-refractivity contribution in [3.8, 4) is 0 Å². The second-order valence-corrected chi connectivity index (χ2v) is 11.3. The lowest BCUT2D eigenvalue weighted by Gasteiger charge is -2.47. The fraction of sp³-hybridized carbons (Fsp3) is 0.567. The molecule has 5 rings (SSSR count). The van der Waals surface area contributed by atoms with Crippen LogP contribution >= 0.6 is 11.6 Å². The van der Waals surface area contributed by atoms with E-state index in [1.807, 2.05) is 24.3 Å². The van der Waals surface area contributed by atoms with Crippen molar-refractivity contribution in [1.82, 2.24) is 14.7 Å². The number of anilines is 1. The van der Waals surface area contributed by atoms with E-state index in [1.165, 1.54) is 12.0 Å². The van der Waals surface area contributed by atoms with Crippen LogP contribution in [0.3, 0.4) is 0 Å². The van der Waals surface area contributed by atoms with Crippen LogP contribution < -0.4 is 4.90 Å². The van der Waals surface area contributed by atoms with Crippen LogP contribution in [0.15, 0.2) is 48.5 Å². The molecule has 3 heterocycles. The second-order valence-electron chi connectivity index (χ2n) is 10.9. The standard InChI is InChI=1S/C30H40ClFN4O/c31-26-9-3-2-8-24(26)22-33-17-14-28(25(23-33)12-13-30(37)36-15-6-1-7-16-36)34-18-20-35(21-19-34)29-11-5-4-10-27(29)32/h2-5,8-11,25,28H,1,6-7,12-23H2/t25-,28+/m1/s1. The molecule has 2 aromatic carbocycles. The fourth-order valence-electron chi connectivity index (χ4n) is 6.48. The summed E-state index contributed by atoms with van der Waals surface area (Å²) in [4.78, 5) is 22.4. The Morgan fingerprint density at radius 3 is 2.38 bits per heavy atom. The summed E-state index contributed by atoms with van der Waals surface area (Å²) in [5.41, 5.74) is 1.88. The second kappa shape index (κ2) is 12.6. The number of rotatable bonds is 7. The smallest absolute Gasteiger partial charge is 0.222 e. The number of carbonyl (C=O) groups is 1. The van der Waals surface area contributed by atoms with Crippen molar-refractivity contribution < 1.29 is 9.18 Å². The summed E-state index contributed by atoms with van der Waals surface area (Å²) in [6, 6.07) is 15.7. The SMILES string of the molecule is O=C(CC[C@@H]1CN(Cc2ccccc2Cl)CC[C@@H]1N1CCN(c2ccccc2F)CC1)N1CCCCC1. The van der Waals surface area contributed by atoms with Gasteiger partial charge < -0.3 is 9.80 Å². The number of hydrogen-bond donors (Lipinski definition) is 0. The van der Waals surface area contributed by atoms with Crippen LogP contribution in [-0.2, 0) is 11.3 Å². The number of nitrogens with zero attached hydrogens (tertiary/aromatic N) is 4. The predicted molar refractivity (Wildman–Crippen MR) is 148 cm³/mol. The van der Waals surface area contributed by atoms with Gasteiger partial charge in [0.2, 0.25) is 5.91 Å². The summed E-state index contributed by atoms with van der Waals surface area (Å²) < 4.78 is 14.4. The van der Waals surface area contributed by atoms with E-state index in [0.29, 0.717) is 30.0 Å². The Morgan fingerprint density at radius 2 is 1.62 bits per heavy atom. The zero-order chi connectivity index (χ0) is 25.6. The van der Waals surface area contributed by atoms with E-state index in [2.05, 4.69) is 31.7 Å². The van der Waals surface area contributed by atoms with Gasteiger partial charge in [-0.25, -0.2) is 4.39 Å². The van der Waals surface area contributed by atoms with Crippen molar-refractivity contribution in [2.24, 2.45) is 5.92 Å². The summed E-state index contributed by atoms with van der Waals surface area (Å²) in [6.07, 6.45) is 6.16. The lowest BCUT2D eigenvalue weighted by Crippen LogP contribution is -2.57. The normalized spacial score (nSPS) is 23.8. The van der Waals surface area contributed by atoms with E-state index in [1.54, 1.807) is 12.1 Å². The first-order valence-electron chi connectivity index (χ1n) is 14.1. The Kier molecular flexibility index (Phi) is 9.01. The average Bonchev–Trinajstić information content (AvgIpc) is 2.94. The molecule has 0 N–H and O–H groups in total. The van der Waals surface area contributed by atoms with Gasteiger partial charge in [0, 0.05) is 69.8 Å². The highest BCUT2D eigenvalue weighted by atomic mass is 35.5. The third-order valence-electron chi connectivity index (χ3n) is 8.54. The number of amides is 1. The highest BCUT2D eigenvalue weighted by Gasteiger charge is 2.35. The van der Waals surface area contributed by atoms with E-state index < -0.39 is 0 Å². The van der Waals surface area contributed by atoms with Gasteiger partial charge in [-0.1, -0.05) is 41.9 Å². The van der Waals surface area contributed by atoms with Crippen LogP contribution in [0.5, 0.6) is 0 Å². The Balaban J connectivity index is 1.23. The van der Waals surface area contributed by atoms with Gasteiger partial charge in [-0.3, -0.25) is 14.6 Å². The molecule has 1 amide bonds. The third-order valence-corrected chi connectivity index (χ3v) is 8.91. The maximum absolute atomic E-state index is 14.4. The van der Waals surface area contributed by atoms with Gasteiger partial charge in [0.05, 0.1) is 5.69 Å². The zero-order valence-electron chi connectivity index (χ0n) is 21.8. The summed E-state index contributed by atoms with van der Waals surface area (Å²) >= 11 is 6.48. The minimum Gasteiger partial charge on any atom is -0.367 e. The zero-order valence-corrected chi connectivity index (χ0v) is 22.6. The third kappa shape index (κ3) is 6.65. The lowest BCUT2D eigenvalue weighted by atomic mass is 9.86. The molecular formula is C30H40ClFN4O. The lowest BCUT2D eigenvalue weighted by molar-refractivity contribution is -0.132. The van der Waals surface area contributed by atoms with Crippen LogP contribution in [-0.4, -0.2) is 79.0 Å². The van der Waals surface area contributed by atoms with Gasteiger partial charge in [-0.15, -0.1) is 0 Å². The quantitative estimate of drug-likeness (QED) is 0.491. The number of benzene rings is 2. The molecule has 0 radical (unpaired) electrons. The van der Waals surface area contributed by atoms with E-state index in [0.717, 1.165) is 89.6 Å². The predicted octanol–water partition coefficient (Wildman–Crippen LogP) is 5.28. The van der Waals surface area contributed by atoms with E-state index >= 15 is 0 Å². The summed E-state index contributed by atoms with van der Waals surface area (Å²) in [5.74, 6) is 0.619. The molecular weight excluding hydrogens is 487 g/mol. The maximum Gasteiger partial charge on any atom is 0.222 e. The van der Waals surface area contributed by atoms with Crippen LogP contribution in [0.25, 0.3) is 0 Å². The van der Waals surface area contributed by atoms with Crippen molar-refractivity contribution in [2.75, 3.05) is 57.3 Å². The van der Waals surface area contributed by atoms with Gasteiger partial charge in [0.15, 0.2) is 0 Å². The number of piperidine rings is 2. The van der Waals surface area contributed by atoms with Gasteiger partial charge in [0.1, 0.15) is 5.82 Å². The number of carbonyl (C=O) groups excluding carboxylic acids is 1. The van der Waals surface area contributed by atoms with Crippen molar-refractivity contribution in [3.05, 3.63) is 64.9 Å². The molecule has 0 bridgehead atoms. The number of likely N-dealkylation sites (tertiary alicyclic amines) is 2. The molecule has 0 aliphatic carbocycles. The minimum atomic E-state index is -0.141. The molecule has 2 aromatic rings. The summed E-state index contributed by atoms with van der Waals surface area (Å²) in [5, 5.41) is 0.825. The van der Waals surface area contributed by atoms with Crippen LogP contribution in [0.1, 0.15) is 44.1 Å². The Hall–Kier alpha value is -2.15. The molecule has 3 aliphatic heterocycles. The molecule has 3 saturated heterocycles. The first-order valence-corrected chi connectivity index (χ1v) is 14.4. The van der Waals surface area contributed by atoms with E-state index in [4.69, 9.17) is 11.6 Å². The number of piperazine rings is 1. The Morgan fingerprint density at radius 1 is 0.892 bits per heavy atom. The number of halogens is 2. The van der Waals surface area contributed by atoms with E-state index in [9.17, 15) is 9.18 Å². The molecule has 5 nitrogen and oxygen atoms in total. The van der Waals surface area contributed by atoms with Gasteiger partial charge in [-0.05, 0) is 68.3 Å². The molecule has 37 heavy (non-hydrogen) atoms. The van der Waals surface area contributed by atoms with Crippen molar-refractivity contribution in [2.45, 2.75) is 51.1 Å². The molecule has 7 heteroatoms. The van der Waals surface area contributed by atoms with Crippen LogP contribution in [0.2, 0.25) is 5.02 Å². The molecule has 3 aliphatic rings.